The number of fused-ring (bicyclic) bond motifs is 2. The minimum atomic E-state index is -3.95. The largest absolute Gasteiger partial charge is 0.506 e. The molecule has 0 saturated carbocycles. The fourth-order valence-electron chi connectivity index (χ4n) is 6.85. The van der Waals surface area contributed by atoms with Crippen molar-refractivity contribution in [3.8, 4) is 17.2 Å². The highest BCUT2D eigenvalue weighted by Gasteiger charge is 2.27. The van der Waals surface area contributed by atoms with Gasteiger partial charge in [0.1, 0.15) is 34.4 Å². The molecule has 2 N–H and O–H groups in total. The fourth-order valence-corrected chi connectivity index (χ4v) is 7.67. The Morgan fingerprint density at radius 2 is 1.46 bits per heavy atom. The lowest BCUT2D eigenvalue weighted by Gasteiger charge is -2.25. The van der Waals surface area contributed by atoms with E-state index in [1.807, 2.05) is 32.0 Å². The molecule has 0 fully saturated rings. The van der Waals surface area contributed by atoms with Gasteiger partial charge in [0, 0.05) is 46.5 Å². The topological polar surface area (TPSA) is 216 Å². The number of carbonyl (C=O) groups is 3. The van der Waals surface area contributed by atoms with E-state index in [1.54, 1.807) is 81.4 Å². The molecule has 0 aliphatic heterocycles. The first-order valence-corrected chi connectivity index (χ1v) is 22.5. The smallest absolute Gasteiger partial charge is 0.419 e. The second-order valence-corrected chi connectivity index (χ2v) is 18.3. The number of unbranched alkanes of at least 4 members (excludes halogenated alkanes) is 1. The molecule has 0 spiro atoms. The van der Waals surface area contributed by atoms with Crippen LogP contribution in [0.4, 0.5) is 27.5 Å². The number of nitro groups is 1. The molecule has 338 valence electrons. The van der Waals surface area contributed by atoms with Crippen LogP contribution in [0, 0.1) is 29.4 Å². The van der Waals surface area contributed by atoms with E-state index >= 15 is 0 Å². The molecule has 6 aromatic rings. The summed E-state index contributed by atoms with van der Waals surface area (Å²) in [7, 11) is -3.95. The molecule has 0 aliphatic rings. The van der Waals surface area contributed by atoms with Crippen LogP contribution in [0.5, 0.6) is 17.2 Å². The number of anilines is 1. The van der Waals surface area contributed by atoms with Crippen molar-refractivity contribution in [3.63, 3.8) is 0 Å². The summed E-state index contributed by atoms with van der Waals surface area (Å²) in [6, 6.07) is 27.1. The summed E-state index contributed by atoms with van der Waals surface area (Å²) in [6.45, 7) is 9.42. The highest BCUT2D eigenvalue weighted by Crippen LogP contribution is 2.39. The van der Waals surface area contributed by atoms with Crippen LogP contribution in [0.25, 0.3) is 21.5 Å². The average Bonchev–Trinajstić information content (AvgIpc) is 3.26. The molecule has 0 atom stereocenters. The van der Waals surface area contributed by atoms with Crippen LogP contribution < -0.4 is 19.7 Å². The summed E-state index contributed by atoms with van der Waals surface area (Å²) < 4.78 is 42.7. The number of amides is 2. The number of hydrogen-bond acceptors (Lipinski definition) is 13. The van der Waals surface area contributed by atoms with E-state index in [0.717, 1.165) is 35.3 Å². The molecule has 16 nitrogen and oxygen atoms in total. The maximum absolute atomic E-state index is 14.5. The second-order valence-electron chi connectivity index (χ2n) is 16.3. The molecule has 0 bridgehead atoms. The van der Waals surface area contributed by atoms with Crippen LogP contribution in [0.3, 0.4) is 0 Å². The number of nitro benzene ring substituents is 1. The highest BCUT2D eigenvalue weighted by atomic mass is 32.2. The normalized spacial score (nSPS) is 11.7. The van der Waals surface area contributed by atoms with Crippen molar-refractivity contribution in [3.05, 3.63) is 130 Å². The number of esters is 1. The molecule has 0 heterocycles. The summed E-state index contributed by atoms with van der Waals surface area (Å²) in [5, 5.41) is 35.6. The van der Waals surface area contributed by atoms with Gasteiger partial charge in [0.2, 0.25) is 0 Å². The van der Waals surface area contributed by atoms with Crippen LogP contribution in [0.2, 0.25) is 0 Å². The third-order valence-corrected chi connectivity index (χ3v) is 11.4. The van der Waals surface area contributed by atoms with Crippen LogP contribution in [0.1, 0.15) is 55.1 Å². The number of nitrogens with one attached hydrogen (secondary N) is 1. The number of azo groups is 1. The first-order valence-electron chi connectivity index (χ1n) is 20.6. The van der Waals surface area contributed by atoms with E-state index < -0.39 is 43.8 Å². The van der Waals surface area contributed by atoms with Gasteiger partial charge in [0.05, 0.1) is 40.4 Å². The third-order valence-electron chi connectivity index (χ3n) is 10.2. The number of hydrogen-bond donors (Lipinski definition) is 2. The lowest BCUT2D eigenvalue weighted by molar-refractivity contribution is -0.385. The number of phenols is 1. The van der Waals surface area contributed by atoms with Crippen LogP contribution >= 0.6 is 0 Å². The van der Waals surface area contributed by atoms with Crippen molar-refractivity contribution in [1.29, 1.82) is 0 Å². The monoisotopic (exact) mass is 903 g/mol. The summed E-state index contributed by atoms with van der Waals surface area (Å²) in [5.74, 6) is -0.602. The number of phenolic OH excluding ortho intramolecular Hbond substituents is 1. The van der Waals surface area contributed by atoms with E-state index in [2.05, 4.69) is 15.5 Å². The number of benzene rings is 6. The average molecular weight is 904 g/mol. The van der Waals surface area contributed by atoms with Gasteiger partial charge in [-0.1, -0.05) is 66.2 Å². The predicted octanol–water partition coefficient (Wildman–Crippen LogP) is 10.2. The number of aromatic hydroxyl groups is 1. The van der Waals surface area contributed by atoms with Crippen molar-refractivity contribution in [2.45, 2.75) is 52.4 Å². The number of ether oxygens (including phenoxy) is 3. The molecule has 0 aliphatic carbocycles. The van der Waals surface area contributed by atoms with E-state index in [-0.39, 0.29) is 58.4 Å². The van der Waals surface area contributed by atoms with Gasteiger partial charge in [-0.2, -0.15) is 0 Å². The Kier molecular flexibility index (Phi) is 14.5. The van der Waals surface area contributed by atoms with Crippen LogP contribution in [-0.4, -0.2) is 69.0 Å². The van der Waals surface area contributed by atoms with E-state index in [0.29, 0.717) is 41.3 Å². The van der Waals surface area contributed by atoms with Crippen LogP contribution in [-0.2, 0) is 19.4 Å². The SMILES string of the molecule is Cc1ccc(OCCCCNC(=O)c2cc(OC(=O)N(CCOC(=O)C(C)(C)C)c3ccc(N=Nc4ccc([N+](=O)[O-])cc4S(C)(=O)=O)c4ccccc34)c3ccccc3c2O)c(C)c1. The van der Waals surface area contributed by atoms with E-state index in [1.165, 1.54) is 17.0 Å². The Morgan fingerprint density at radius 1 is 0.800 bits per heavy atom. The second kappa shape index (κ2) is 20.0. The van der Waals surface area contributed by atoms with Gasteiger partial charge >= 0.3 is 12.1 Å². The van der Waals surface area contributed by atoms with Gasteiger partial charge in [-0.3, -0.25) is 24.6 Å². The molecular weight excluding hydrogens is 855 g/mol. The van der Waals surface area contributed by atoms with Crippen LogP contribution in [0.15, 0.2) is 118 Å². The zero-order valence-electron chi connectivity index (χ0n) is 36.8. The van der Waals surface area contributed by atoms with Gasteiger partial charge in [0.25, 0.3) is 11.6 Å². The molecule has 17 heteroatoms. The van der Waals surface area contributed by atoms with E-state index in [4.69, 9.17) is 14.2 Å². The molecule has 0 saturated heterocycles. The van der Waals surface area contributed by atoms with Gasteiger partial charge in [0.15, 0.2) is 9.84 Å². The molecule has 65 heavy (non-hydrogen) atoms. The Bertz CT molecular complexity index is 2950. The molecule has 0 radical (unpaired) electrons. The van der Waals surface area contributed by atoms with Gasteiger partial charge in [-0.15, -0.1) is 10.2 Å². The van der Waals surface area contributed by atoms with Crippen molar-refractivity contribution in [2.24, 2.45) is 15.6 Å². The first-order chi connectivity index (χ1) is 30.8. The molecule has 0 unspecified atom stereocenters. The minimum Gasteiger partial charge on any atom is -0.506 e. The minimum absolute atomic E-state index is 0.0217. The predicted molar refractivity (Wildman–Crippen MR) is 247 cm³/mol. The number of aryl methyl sites for hydroxylation is 2. The summed E-state index contributed by atoms with van der Waals surface area (Å²) in [6.07, 6.45) is 1.25. The third kappa shape index (κ3) is 11.4. The number of sulfone groups is 1. The maximum Gasteiger partial charge on any atom is 0.419 e. The van der Waals surface area contributed by atoms with E-state index in [9.17, 15) is 38.0 Å². The lowest BCUT2D eigenvalue weighted by atomic mass is 9.97. The summed E-state index contributed by atoms with van der Waals surface area (Å²) in [5.41, 5.74) is 1.26. The summed E-state index contributed by atoms with van der Waals surface area (Å²) in [4.78, 5) is 52.4. The Hall–Kier alpha value is -7.40. The molecule has 0 aromatic heterocycles. The van der Waals surface area contributed by atoms with Crippen molar-refractivity contribution < 1.29 is 47.0 Å². The molecule has 2 amide bonds. The van der Waals surface area contributed by atoms with Crippen molar-refractivity contribution in [2.75, 3.05) is 37.5 Å². The Labute approximate surface area is 375 Å². The fraction of sp³-hybridized carbons (Fsp3) is 0.271. The number of carbonyl (C=O) groups excluding carboxylic acids is 3. The molecule has 6 rings (SSSR count). The van der Waals surface area contributed by atoms with Gasteiger partial charge < -0.3 is 24.6 Å². The van der Waals surface area contributed by atoms with Crippen molar-refractivity contribution >= 4 is 72.1 Å². The zero-order valence-corrected chi connectivity index (χ0v) is 37.6. The number of rotatable bonds is 16. The molecule has 6 aromatic carbocycles. The lowest BCUT2D eigenvalue weighted by Crippen LogP contribution is -2.37. The Balaban J connectivity index is 1.29. The first kappa shape index (κ1) is 47.1. The summed E-state index contributed by atoms with van der Waals surface area (Å²) >= 11 is 0. The number of nitrogens with zero attached hydrogens (tertiary/aromatic N) is 4. The maximum atomic E-state index is 14.5. The standard InChI is InChI=1S/C48H49N5O11S/c1-30-17-22-41(31(2)27-30)62-25-12-11-23-49-45(55)37-29-42(35-15-9-10-16-36(35)44(37)54)64-47(57)52(24-26-63-46(56)48(3,4)5)40-21-20-38(33-13-7-8-14-34(33)40)50-51-39-19-18-32(53(58)59)28-43(39)65(6,60)61/h7-10,13-22,27-29,54H,11-12,23-26H2,1-6H3,(H,49,55). The van der Waals surface area contributed by atoms with Gasteiger partial charge in [-0.25, -0.2) is 13.2 Å². The quantitative estimate of drug-likeness (QED) is 0.0306. The zero-order chi connectivity index (χ0) is 47.1. The van der Waals surface area contributed by atoms with Gasteiger partial charge in [-0.05, 0) is 83.4 Å². The van der Waals surface area contributed by atoms with Crippen molar-refractivity contribution in [1.82, 2.24) is 5.32 Å². The number of non-ortho nitro benzene ring substituents is 1. The Morgan fingerprint density at radius 3 is 2.14 bits per heavy atom. The highest BCUT2D eigenvalue weighted by molar-refractivity contribution is 7.90. The molecular formula is C48H49N5O11S.